The molecule has 10 heteroatoms. The lowest BCUT2D eigenvalue weighted by Crippen LogP contribution is -2.79. The van der Waals surface area contributed by atoms with Crippen molar-refractivity contribution in [3.05, 3.63) is 12.4 Å². The van der Waals surface area contributed by atoms with Crippen molar-refractivity contribution < 1.29 is 32.2 Å². The van der Waals surface area contributed by atoms with Crippen LogP contribution in [0, 0.1) is 0 Å². The predicted octanol–water partition coefficient (Wildman–Crippen LogP) is 2.95. The van der Waals surface area contributed by atoms with E-state index in [-0.39, 0.29) is 17.7 Å². The zero-order valence-corrected chi connectivity index (χ0v) is 14.9. The van der Waals surface area contributed by atoms with Gasteiger partial charge >= 0.3 is 12.5 Å². The average Bonchev–Trinajstić information content (AvgIpc) is 2.82. The Kier molecular flexibility index (Phi) is 4.37. The molecule has 0 spiro atoms. The number of nitrogens with zero attached hydrogens (tertiary/aromatic N) is 2. The van der Waals surface area contributed by atoms with Crippen molar-refractivity contribution in [1.29, 1.82) is 0 Å². The normalized spacial score (nSPS) is 27.3. The number of hydrogen-bond donors (Lipinski definition) is 1. The smallest absolute Gasteiger partial charge is 0.488 e. The summed E-state index contributed by atoms with van der Waals surface area (Å²) in [4.78, 5) is 11.9. The van der Waals surface area contributed by atoms with Crippen LogP contribution in [0.4, 0.5) is 18.0 Å². The lowest BCUT2D eigenvalue weighted by atomic mass is 9.44. The third-order valence-electron chi connectivity index (χ3n) is 4.43. The number of ether oxygens (including phenoxy) is 3. The highest BCUT2D eigenvalue weighted by atomic mass is 19.4. The van der Waals surface area contributed by atoms with Gasteiger partial charge in [0.2, 0.25) is 0 Å². The fraction of sp³-hybridized carbons (Fsp3) is 0.750. The van der Waals surface area contributed by atoms with Crippen molar-refractivity contribution in [3.8, 4) is 5.75 Å². The summed E-state index contributed by atoms with van der Waals surface area (Å²) in [5.74, 6) is 0.384. The van der Waals surface area contributed by atoms with E-state index in [9.17, 15) is 18.0 Å². The highest BCUT2D eigenvalue weighted by Crippen LogP contribution is 2.65. The average molecular weight is 377 g/mol. The summed E-state index contributed by atoms with van der Waals surface area (Å²) in [6, 6.07) is 0. The van der Waals surface area contributed by atoms with Crippen LogP contribution < -0.4 is 10.1 Å². The Labute approximate surface area is 148 Å². The highest BCUT2D eigenvalue weighted by Gasteiger charge is 2.70. The van der Waals surface area contributed by atoms with Crippen LogP contribution >= 0.6 is 0 Å². The zero-order valence-electron chi connectivity index (χ0n) is 14.9. The number of alkyl halides is 3. The van der Waals surface area contributed by atoms with Crippen LogP contribution in [0.2, 0.25) is 0 Å². The fourth-order valence-electron chi connectivity index (χ4n) is 3.59. The Balaban J connectivity index is 1.44. The summed E-state index contributed by atoms with van der Waals surface area (Å²) < 4.78 is 51.5. The first-order valence-electron chi connectivity index (χ1n) is 8.30. The molecule has 0 aliphatic heterocycles. The molecule has 0 radical (unpaired) electrons. The van der Waals surface area contributed by atoms with Crippen molar-refractivity contribution in [3.63, 3.8) is 0 Å². The molecule has 146 valence electrons. The Morgan fingerprint density at radius 1 is 1.27 bits per heavy atom. The van der Waals surface area contributed by atoms with Crippen molar-refractivity contribution in [2.24, 2.45) is 0 Å². The summed E-state index contributed by atoms with van der Waals surface area (Å²) in [5.41, 5.74) is -0.968. The summed E-state index contributed by atoms with van der Waals surface area (Å²) in [5, 5.41) is 7.15. The summed E-state index contributed by atoms with van der Waals surface area (Å²) >= 11 is 0. The van der Waals surface area contributed by atoms with E-state index in [4.69, 9.17) is 9.47 Å². The molecule has 0 unspecified atom stereocenters. The van der Waals surface area contributed by atoms with E-state index in [1.165, 1.54) is 6.20 Å². The van der Waals surface area contributed by atoms with Gasteiger partial charge in [-0.15, -0.1) is 13.2 Å². The minimum absolute atomic E-state index is 0.168. The van der Waals surface area contributed by atoms with Crippen LogP contribution in [-0.2, 0) is 15.0 Å². The fourth-order valence-corrected chi connectivity index (χ4v) is 3.59. The van der Waals surface area contributed by atoms with Crippen LogP contribution in [0.5, 0.6) is 5.75 Å². The quantitative estimate of drug-likeness (QED) is 0.772. The van der Waals surface area contributed by atoms with Gasteiger partial charge < -0.3 is 14.8 Å². The number of rotatable bonds is 6. The van der Waals surface area contributed by atoms with Crippen LogP contribution in [0.15, 0.2) is 12.4 Å². The van der Waals surface area contributed by atoms with Gasteiger partial charge in [0.15, 0.2) is 5.75 Å². The van der Waals surface area contributed by atoms with Crippen molar-refractivity contribution in [1.82, 2.24) is 15.1 Å². The first kappa shape index (κ1) is 18.8. The third-order valence-corrected chi connectivity index (χ3v) is 4.43. The maximum atomic E-state index is 11.9. The van der Waals surface area contributed by atoms with Crippen LogP contribution in [0.1, 0.15) is 40.0 Å². The number of nitrogens with one attached hydrogen (secondary N) is 1. The largest absolute Gasteiger partial charge is 0.522 e. The van der Waals surface area contributed by atoms with E-state index < -0.39 is 24.7 Å². The van der Waals surface area contributed by atoms with Gasteiger partial charge in [0.1, 0.15) is 12.2 Å². The Bertz CT molecular complexity index is 661. The second kappa shape index (κ2) is 6.04. The third kappa shape index (κ3) is 4.05. The molecule has 26 heavy (non-hydrogen) atoms. The molecule has 1 amide bonds. The molecule has 1 heterocycles. The van der Waals surface area contributed by atoms with Crippen LogP contribution in [0.25, 0.3) is 0 Å². The molecule has 4 rings (SSSR count). The minimum Gasteiger partial charge on any atom is -0.488 e. The van der Waals surface area contributed by atoms with E-state index in [1.54, 1.807) is 31.6 Å². The molecule has 3 aliphatic rings. The number of hydrogen-bond acceptors (Lipinski definition) is 5. The van der Waals surface area contributed by atoms with Gasteiger partial charge in [-0.2, -0.15) is 5.10 Å². The second-order valence-corrected chi connectivity index (χ2v) is 7.93. The number of halogens is 3. The lowest BCUT2D eigenvalue weighted by molar-refractivity contribution is -0.325. The van der Waals surface area contributed by atoms with Gasteiger partial charge in [0, 0.05) is 0 Å². The van der Waals surface area contributed by atoms with Gasteiger partial charge in [-0.05, 0) is 40.0 Å². The number of alkyl carbamates (subject to hydrolysis) is 1. The Morgan fingerprint density at radius 3 is 2.50 bits per heavy atom. The summed E-state index contributed by atoms with van der Waals surface area (Å²) in [6.07, 6.45) is 0.230. The van der Waals surface area contributed by atoms with Gasteiger partial charge in [-0.1, -0.05) is 0 Å². The monoisotopic (exact) mass is 377 g/mol. The van der Waals surface area contributed by atoms with Gasteiger partial charge in [0.25, 0.3) is 0 Å². The van der Waals surface area contributed by atoms with Crippen molar-refractivity contribution in [2.45, 2.75) is 63.1 Å². The van der Waals surface area contributed by atoms with Gasteiger partial charge in [0.05, 0.1) is 30.1 Å². The first-order chi connectivity index (χ1) is 11.9. The number of amides is 1. The Morgan fingerprint density at radius 2 is 1.92 bits per heavy atom. The molecule has 3 aliphatic carbocycles. The molecular formula is C16H22F3N3O4. The maximum Gasteiger partial charge on any atom is 0.522 e. The molecule has 0 atom stereocenters. The van der Waals surface area contributed by atoms with E-state index in [0.29, 0.717) is 5.75 Å². The van der Waals surface area contributed by atoms with E-state index in [0.717, 1.165) is 19.3 Å². The number of aromatic nitrogens is 2. The highest BCUT2D eigenvalue weighted by molar-refractivity contribution is 5.70. The maximum absolute atomic E-state index is 11.9. The van der Waals surface area contributed by atoms with E-state index in [1.807, 2.05) is 0 Å². The molecule has 1 aromatic heterocycles. The molecule has 1 aromatic rings. The first-order valence-corrected chi connectivity index (χ1v) is 8.30. The van der Waals surface area contributed by atoms with E-state index in [2.05, 4.69) is 15.2 Å². The summed E-state index contributed by atoms with van der Waals surface area (Å²) in [7, 11) is 0. The topological polar surface area (TPSA) is 74.6 Å². The molecule has 7 nitrogen and oxygen atoms in total. The molecule has 2 bridgehead atoms. The van der Waals surface area contributed by atoms with Crippen molar-refractivity contribution >= 4 is 6.09 Å². The second-order valence-electron chi connectivity index (χ2n) is 7.93. The molecule has 1 N–H and O–H groups in total. The zero-order chi connectivity index (χ0) is 19.2. The van der Waals surface area contributed by atoms with Gasteiger partial charge in [-0.3, -0.25) is 9.42 Å². The van der Waals surface area contributed by atoms with Gasteiger partial charge in [-0.25, -0.2) is 4.79 Å². The Hall–Kier alpha value is -1.97. The molecule has 3 fully saturated rings. The standard InChI is InChI=1S/C16H22F3N3O4/c1-13(2,3)26-12(23)21-14-8-15(9-14,10-14)22-7-11(6-20-22)24-4-5-25-16(17,18)19/h6-7H,4-5,8-10H2,1-3H3,(H,21,23). The summed E-state index contributed by atoms with van der Waals surface area (Å²) in [6.45, 7) is 4.62. The number of carbonyl (C=O) groups is 1. The van der Waals surface area contributed by atoms with E-state index >= 15 is 0 Å². The predicted molar refractivity (Wildman–Crippen MR) is 83.7 cm³/mol. The molecular weight excluding hydrogens is 355 g/mol. The molecule has 0 aromatic carbocycles. The molecule has 0 saturated heterocycles. The SMILES string of the molecule is CC(C)(C)OC(=O)NC12CC(n3cc(OCCOC(F)(F)F)cn3)(C1)C2. The van der Waals surface area contributed by atoms with Crippen LogP contribution in [-0.4, -0.2) is 46.6 Å². The molecule has 3 saturated carbocycles. The number of carbonyl (C=O) groups excluding carboxylic acids is 1. The lowest BCUT2D eigenvalue weighted by Gasteiger charge is -2.69. The minimum atomic E-state index is -4.66. The van der Waals surface area contributed by atoms with Crippen LogP contribution in [0.3, 0.4) is 0 Å². The van der Waals surface area contributed by atoms with Crippen molar-refractivity contribution in [2.75, 3.05) is 13.2 Å².